The van der Waals surface area contributed by atoms with Crippen LogP contribution in [0.15, 0.2) is 36.5 Å². The summed E-state index contributed by atoms with van der Waals surface area (Å²) in [5.41, 5.74) is 2.16. The van der Waals surface area contributed by atoms with Gasteiger partial charge in [0.05, 0.1) is 7.11 Å². The highest BCUT2D eigenvalue weighted by Crippen LogP contribution is 2.22. The predicted octanol–water partition coefficient (Wildman–Crippen LogP) is 3.47. The average Bonchev–Trinajstić information content (AvgIpc) is 2.47. The van der Waals surface area contributed by atoms with Crippen LogP contribution in [0.4, 0.5) is 5.95 Å². The van der Waals surface area contributed by atoms with Crippen LogP contribution < -0.4 is 10.1 Å². The molecule has 2 aromatic rings. The van der Waals surface area contributed by atoms with Gasteiger partial charge in [-0.3, -0.25) is 0 Å². The van der Waals surface area contributed by atoms with Gasteiger partial charge in [0, 0.05) is 17.9 Å². The fourth-order valence-electron chi connectivity index (χ4n) is 2.25. The van der Waals surface area contributed by atoms with Crippen molar-refractivity contribution in [1.29, 1.82) is 0 Å². The summed E-state index contributed by atoms with van der Waals surface area (Å²) in [6, 6.07) is 10.3. The molecule has 4 nitrogen and oxygen atoms in total. The van der Waals surface area contributed by atoms with Crippen LogP contribution in [0.25, 0.3) is 0 Å². The number of para-hydroxylation sites is 1. The first kappa shape index (κ1) is 15.3. The lowest BCUT2D eigenvalue weighted by Gasteiger charge is -2.23. The summed E-state index contributed by atoms with van der Waals surface area (Å²) in [5, 5.41) is 3.44. The summed E-state index contributed by atoms with van der Waals surface area (Å²) in [7, 11) is 1.71. The van der Waals surface area contributed by atoms with Gasteiger partial charge in [-0.2, -0.15) is 0 Å². The predicted molar refractivity (Wildman–Crippen MR) is 85.7 cm³/mol. The van der Waals surface area contributed by atoms with E-state index in [2.05, 4.69) is 35.2 Å². The first-order valence-electron chi connectivity index (χ1n) is 7.28. The van der Waals surface area contributed by atoms with Crippen molar-refractivity contribution < 1.29 is 4.74 Å². The van der Waals surface area contributed by atoms with E-state index in [0.29, 0.717) is 11.9 Å². The number of aryl methyl sites for hydroxylation is 1. The number of rotatable bonds is 6. The summed E-state index contributed by atoms with van der Waals surface area (Å²) in [6.07, 6.45) is 2.66. The highest BCUT2D eigenvalue weighted by molar-refractivity contribution is 5.36. The van der Waals surface area contributed by atoms with Crippen LogP contribution in [0.3, 0.4) is 0 Å². The first-order valence-corrected chi connectivity index (χ1v) is 7.28. The smallest absolute Gasteiger partial charge is 0.223 e. The number of benzene rings is 1. The van der Waals surface area contributed by atoms with Crippen LogP contribution >= 0.6 is 0 Å². The standard InChI is InChI=1S/C17H23N3O/c1-12(2)15(20-17-18-10-9-13(3)19-17)11-14-7-5-6-8-16(14)21-4/h5-10,12,15H,11H2,1-4H3,(H,18,19,20). The SMILES string of the molecule is COc1ccccc1CC(Nc1nccc(C)n1)C(C)C. The van der Waals surface area contributed by atoms with Crippen molar-refractivity contribution in [2.24, 2.45) is 5.92 Å². The van der Waals surface area contributed by atoms with E-state index in [1.807, 2.05) is 31.2 Å². The Bertz CT molecular complexity index is 584. The van der Waals surface area contributed by atoms with Gasteiger partial charge in [0.2, 0.25) is 5.95 Å². The van der Waals surface area contributed by atoms with Crippen molar-refractivity contribution in [3.05, 3.63) is 47.8 Å². The minimum Gasteiger partial charge on any atom is -0.496 e. The lowest BCUT2D eigenvalue weighted by Crippen LogP contribution is -2.29. The van der Waals surface area contributed by atoms with E-state index in [9.17, 15) is 0 Å². The Morgan fingerprint density at radius 2 is 1.95 bits per heavy atom. The fraction of sp³-hybridized carbons (Fsp3) is 0.412. The van der Waals surface area contributed by atoms with Gasteiger partial charge >= 0.3 is 0 Å². The second kappa shape index (κ2) is 7.07. The molecule has 1 aromatic carbocycles. The van der Waals surface area contributed by atoms with Gasteiger partial charge in [0.15, 0.2) is 0 Å². The van der Waals surface area contributed by atoms with Gasteiger partial charge in [-0.1, -0.05) is 32.0 Å². The Kier molecular flexibility index (Phi) is 5.14. The van der Waals surface area contributed by atoms with Crippen molar-refractivity contribution in [2.75, 3.05) is 12.4 Å². The zero-order valence-corrected chi connectivity index (χ0v) is 13.1. The van der Waals surface area contributed by atoms with E-state index in [1.165, 1.54) is 5.56 Å². The molecule has 21 heavy (non-hydrogen) atoms. The summed E-state index contributed by atoms with van der Waals surface area (Å²) in [6.45, 7) is 6.36. The Balaban J connectivity index is 2.16. The van der Waals surface area contributed by atoms with Crippen LogP contribution in [-0.2, 0) is 6.42 Å². The van der Waals surface area contributed by atoms with Gasteiger partial charge < -0.3 is 10.1 Å². The average molecular weight is 285 g/mol. The summed E-state index contributed by atoms with van der Waals surface area (Å²) in [4.78, 5) is 8.72. The molecule has 1 aromatic heterocycles. The minimum atomic E-state index is 0.253. The number of aromatic nitrogens is 2. The molecule has 0 aliphatic carbocycles. The largest absolute Gasteiger partial charge is 0.496 e. The number of anilines is 1. The molecule has 1 atom stereocenters. The van der Waals surface area contributed by atoms with Gasteiger partial charge in [0.25, 0.3) is 0 Å². The van der Waals surface area contributed by atoms with E-state index < -0.39 is 0 Å². The summed E-state index contributed by atoms with van der Waals surface area (Å²) in [5.74, 6) is 2.07. The Labute approximate surface area is 126 Å². The van der Waals surface area contributed by atoms with Crippen molar-refractivity contribution in [2.45, 2.75) is 33.2 Å². The molecule has 0 radical (unpaired) electrons. The molecule has 1 heterocycles. The maximum Gasteiger partial charge on any atom is 0.223 e. The second-order valence-electron chi connectivity index (χ2n) is 5.53. The van der Waals surface area contributed by atoms with E-state index in [0.717, 1.165) is 17.9 Å². The van der Waals surface area contributed by atoms with Gasteiger partial charge in [-0.25, -0.2) is 9.97 Å². The molecule has 0 aliphatic rings. The van der Waals surface area contributed by atoms with Crippen LogP contribution in [0, 0.1) is 12.8 Å². The molecule has 0 bridgehead atoms. The monoisotopic (exact) mass is 285 g/mol. The first-order chi connectivity index (χ1) is 10.1. The zero-order valence-electron chi connectivity index (χ0n) is 13.1. The number of hydrogen-bond acceptors (Lipinski definition) is 4. The molecule has 0 fully saturated rings. The van der Waals surface area contributed by atoms with Crippen molar-refractivity contribution in [3.8, 4) is 5.75 Å². The van der Waals surface area contributed by atoms with Crippen LogP contribution in [0.2, 0.25) is 0 Å². The van der Waals surface area contributed by atoms with Gasteiger partial charge in [-0.15, -0.1) is 0 Å². The maximum absolute atomic E-state index is 5.44. The normalized spacial score (nSPS) is 12.2. The summed E-state index contributed by atoms with van der Waals surface area (Å²) >= 11 is 0. The van der Waals surface area contributed by atoms with E-state index in [-0.39, 0.29) is 6.04 Å². The maximum atomic E-state index is 5.44. The Hall–Kier alpha value is -2.10. The molecule has 0 amide bonds. The van der Waals surface area contributed by atoms with Crippen LogP contribution in [-0.4, -0.2) is 23.1 Å². The lowest BCUT2D eigenvalue weighted by molar-refractivity contribution is 0.405. The van der Waals surface area contributed by atoms with E-state index in [4.69, 9.17) is 4.74 Å². The van der Waals surface area contributed by atoms with Crippen molar-refractivity contribution in [3.63, 3.8) is 0 Å². The molecule has 0 spiro atoms. The lowest BCUT2D eigenvalue weighted by atomic mass is 9.96. The van der Waals surface area contributed by atoms with Crippen LogP contribution in [0.1, 0.15) is 25.1 Å². The third-order valence-electron chi connectivity index (χ3n) is 3.55. The number of nitrogens with zero attached hydrogens (tertiary/aromatic N) is 2. The number of hydrogen-bond donors (Lipinski definition) is 1. The van der Waals surface area contributed by atoms with E-state index >= 15 is 0 Å². The highest BCUT2D eigenvalue weighted by atomic mass is 16.5. The molecule has 2 rings (SSSR count). The van der Waals surface area contributed by atoms with Crippen molar-refractivity contribution in [1.82, 2.24) is 9.97 Å². The van der Waals surface area contributed by atoms with Crippen molar-refractivity contribution >= 4 is 5.95 Å². The van der Waals surface area contributed by atoms with Gasteiger partial charge in [-0.05, 0) is 37.0 Å². The number of nitrogens with one attached hydrogen (secondary N) is 1. The molecule has 0 aliphatic heterocycles. The van der Waals surface area contributed by atoms with Crippen LogP contribution in [0.5, 0.6) is 5.75 Å². The quantitative estimate of drug-likeness (QED) is 0.882. The minimum absolute atomic E-state index is 0.253. The third kappa shape index (κ3) is 4.18. The summed E-state index contributed by atoms with van der Waals surface area (Å²) < 4.78 is 5.44. The Morgan fingerprint density at radius 1 is 1.19 bits per heavy atom. The Morgan fingerprint density at radius 3 is 2.62 bits per heavy atom. The highest BCUT2D eigenvalue weighted by Gasteiger charge is 2.17. The topological polar surface area (TPSA) is 47.0 Å². The second-order valence-corrected chi connectivity index (χ2v) is 5.53. The molecule has 4 heteroatoms. The number of ether oxygens (including phenoxy) is 1. The van der Waals surface area contributed by atoms with E-state index in [1.54, 1.807) is 13.3 Å². The molecular weight excluding hydrogens is 262 g/mol. The molecule has 112 valence electrons. The fourth-order valence-corrected chi connectivity index (χ4v) is 2.25. The third-order valence-corrected chi connectivity index (χ3v) is 3.55. The zero-order chi connectivity index (χ0) is 15.2. The molecular formula is C17H23N3O. The molecule has 0 saturated heterocycles. The molecule has 1 N–H and O–H groups in total. The van der Waals surface area contributed by atoms with Gasteiger partial charge in [0.1, 0.15) is 5.75 Å². The molecule has 0 saturated carbocycles. The molecule has 1 unspecified atom stereocenters. The number of methoxy groups -OCH3 is 1.